The first kappa shape index (κ1) is 31.3. The summed E-state index contributed by atoms with van der Waals surface area (Å²) in [5, 5.41) is 10.0. The number of aromatic nitrogens is 2. The molecule has 0 amide bonds. The molecular formula is C33H32Cl2N2O4S. The van der Waals surface area contributed by atoms with E-state index in [1.54, 1.807) is 6.08 Å². The maximum atomic E-state index is 11.3. The van der Waals surface area contributed by atoms with Gasteiger partial charge >= 0.3 is 11.9 Å². The maximum Gasteiger partial charge on any atom is 0.328 e. The van der Waals surface area contributed by atoms with E-state index in [4.69, 9.17) is 45.3 Å². The molecule has 2 unspecified atom stereocenters. The maximum absolute atomic E-state index is 11.3. The highest BCUT2D eigenvalue weighted by molar-refractivity contribution is 7.71. The fourth-order valence-electron chi connectivity index (χ4n) is 5.27. The quantitative estimate of drug-likeness (QED) is 0.122. The van der Waals surface area contributed by atoms with Gasteiger partial charge in [0.05, 0.1) is 13.0 Å². The number of carbonyl (C=O) groups excluding carboxylic acids is 1. The number of aromatic amines is 2. The number of esters is 1. The van der Waals surface area contributed by atoms with Crippen LogP contribution in [0.5, 0.6) is 0 Å². The van der Waals surface area contributed by atoms with Gasteiger partial charge in [-0.2, -0.15) is 0 Å². The minimum Gasteiger partial charge on any atom is -0.478 e. The van der Waals surface area contributed by atoms with Crippen LogP contribution in [0.2, 0.25) is 10.0 Å². The first-order valence-corrected chi connectivity index (χ1v) is 14.7. The highest BCUT2D eigenvalue weighted by Crippen LogP contribution is 2.36. The fraction of sp³-hybridized carbons (Fsp3) is 0.242. The molecule has 3 N–H and O–H groups in total. The van der Waals surface area contributed by atoms with Gasteiger partial charge in [0.2, 0.25) is 0 Å². The van der Waals surface area contributed by atoms with E-state index in [0.717, 1.165) is 52.1 Å². The third kappa shape index (κ3) is 8.00. The number of ether oxygens (including phenoxy) is 1. The topological polar surface area (TPSA) is 95.2 Å². The zero-order valence-electron chi connectivity index (χ0n) is 23.3. The molecule has 2 aliphatic rings. The Morgan fingerprint density at radius 3 is 2.12 bits per heavy atom. The van der Waals surface area contributed by atoms with Gasteiger partial charge in [-0.3, -0.25) is 4.79 Å². The van der Waals surface area contributed by atoms with E-state index in [1.165, 1.54) is 29.5 Å². The van der Waals surface area contributed by atoms with Crippen molar-refractivity contribution in [1.29, 1.82) is 0 Å². The van der Waals surface area contributed by atoms with Crippen LogP contribution in [-0.4, -0.2) is 34.1 Å². The lowest BCUT2D eigenvalue weighted by Crippen LogP contribution is -2.15. The first-order chi connectivity index (χ1) is 20.2. The normalized spacial score (nSPS) is 16.5. The molecule has 3 aromatic carbocycles. The molecule has 2 aliphatic carbocycles. The Kier molecular flexibility index (Phi) is 10.8. The predicted molar refractivity (Wildman–Crippen MR) is 170 cm³/mol. The second kappa shape index (κ2) is 14.5. The molecule has 4 aromatic rings. The molecule has 1 aromatic heterocycles. The van der Waals surface area contributed by atoms with Crippen LogP contribution in [0, 0.1) is 17.6 Å². The number of carboxylic acids is 1. The van der Waals surface area contributed by atoms with E-state index < -0.39 is 5.97 Å². The Bertz CT molecular complexity index is 1660. The number of fused-ring (bicyclic) bond motifs is 2. The van der Waals surface area contributed by atoms with Crippen LogP contribution >= 0.6 is 35.4 Å². The van der Waals surface area contributed by atoms with E-state index in [2.05, 4.69) is 16.0 Å². The van der Waals surface area contributed by atoms with Gasteiger partial charge in [0.1, 0.15) is 0 Å². The highest BCUT2D eigenvalue weighted by atomic mass is 35.5. The molecule has 0 fully saturated rings. The Hall–Kier alpha value is -3.65. The molecule has 0 saturated heterocycles. The van der Waals surface area contributed by atoms with Gasteiger partial charge < -0.3 is 19.8 Å². The molecule has 9 heteroatoms. The number of carboxylic acid groups (broad SMARTS) is 1. The van der Waals surface area contributed by atoms with Crippen LogP contribution in [0.1, 0.15) is 45.0 Å². The summed E-state index contributed by atoms with van der Waals surface area (Å²) in [6, 6.07) is 19.6. The van der Waals surface area contributed by atoms with Gasteiger partial charge in [-0.1, -0.05) is 71.7 Å². The molecule has 2 atom stereocenters. The average Bonchev–Trinajstić information content (AvgIpc) is 3.72. The number of hydrogen-bond donors (Lipinski definition) is 3. The van der Waals surface area contributed by atoms with Gasteiger partial charge in [-0.15, -0.1) is 0 Å². The summed E-state index contributed by atoms with van der Waals surface area (Å²) in [4.78, 5) is 27.7. The van der Waals surface area contributed by atoms with Crippen LogP contribution < -0.4 is 0 Å². The standard InChI is InChI=1S/C12H11ClN2S.C11H11ClO2.C10H10O2/c13-10-3-1-2-7-4-8(5-9(7)10)11-6-14-12(16)15-11;1-14-11(13)8-5-7-3-2-4-10(12)9(7)6-8;1-8-4-2-3-5-9(8)6-7-10(11)12/h1-3,6,8H,4-5H2,(H2,14,15,16);2-4,8H,5-6H2,1H3;2-7H,1H3,(H,11,12)/b;;7-6+. The number of carbonyl (C=O) groups is 2. The fourth-order valence-corrected chi connectivity index (χ4v) is 5.99. The number of methoxy groups -OCH3 is 1. The van der Waals surface area contributed by atoms with Crippen LogP contribution in [0.25, 0.3) is 6.08 Å². The Morgan fingerprint density at radius 1 is 0.929 bits per heavy atom. The van der Waals surface area contributed by atoms with Crippen LogP contribution in [-0.2, 0) is 40.0 Å². The average molecular weight is 624 g/mol. The van der Waals surface area contributed by atoms with E-state index in [9.17, 15) is 9.59 Å². The molecule has 0 radical (unpaired) electrons. The summed E-state index contributed by atoms with van der Waals surface area (Å²) in [5.74, 6) is -0.631. The summed E-state index contributed by atoms with van der Waals surface area (Å²) in [5.41, 5.74) is 8.12. The molecule has 0 bridgehead atoms. The summed E-state index contributed by atoms with van der Waals surface area (Å²) in [7, 11) is 1.42. The monoisotopic (exact) mass is 622 g/mol. The number of nitrogens with one attached hydrogen (secondary N) is 2. The van der Waals surface area contributed by atoms with Gasteiger partial charge in [0.25, 0.3) is 0 Å². The highest BCUT2D eigenvalue weighted by Gasteiger charge is 2.29. The lowest BCUT2D eigenvalue weighted by Gasteiger charge is -2.04. The number of rotatable bonds is 4. The van der Waals surface area contributed by atoms with Gasteiger partial charge in [-0.25, -0.2) is 4.79 Å². The van der Waals surface area contributed by atoms with E-state index >= 15 is 0 Å². The van der Waals surface area contributed by atoms with Gasteiger partial charge in [-0.05, 0) is 96.4 Å². The first-order valence-electron chi connectivity index (χ1n) is 13.5. The van der Waals surface area contributed by atoms with E-state index in [1.807, 2.05) is 67.7 Å². The lowest BCUT2D eigenvalue weighted by molar-refractivity contribution is -0.145. The smallest absolute Gasteiger partial charge is 0.328 e. The van der Waals surface area contributed by atoms with Crippen molar-refractivity contribution < 1.29 is 19.4 Å². The molecule has 6 rings (SSSR count). The van der Waals surface area contributed by atoms with Crippen LogP contribution in [0.15, 0.2) is 72.9 Å². The van der Waals surface area contributed by atoms with Crippen LogP contribution in [0.3, 0.4) is 0 Å². The second-order valence-electron chi connectivity index (χ2n) is 10.2. The van der Waals surface area contributed by atoms with Crippen molar-refractivity contribution in [2.75, 3.05) is 7.11 Å². The Balaban J connectivity index is 0.000000147. The minimum atomic E-state index is -0.918. The van der Waals surface area contributed by atoms with Crippen molar-refractivity contribution in [2.45, 2.75) is 38.5 Å². The number of hydrogen-bond acceptors (Lipinski definition) is 4. The number of aryl methyl sites for hydroxylation is 1. The summed E-state index contributed by atoms with van der Waals surface area (Å²) in [6.07, 6.45) is 8.20. The summed E-state index contributed by atoms with van der Waals surface area (Å²) in [6.45, 7) is 1.95. The van der Waals surface area contributed by atoms with Crippen molar-refractivity contribution in [2.24, 2.45) is 5.92 Å². The van der Waals surface area contributed by atoms with Gasteiger partial charge in [0, 0.05) is 33.9 Å². The minimum absolute atomic E-state index is 0.0464. The number of imidazole rings is 1. The van der Waals surface area contributed by atoms with E-state index in [0.29, 0.717) is 17.1 Å². The molecule has 0 aliphatic heterocycles. The van der Waals surface area contributed by atoms with Crippen molar-refractivity contribution >= 4 is 53.4 Å². The Labute approximate surface area is 260 Å². The number of halogens is 2. The largest absolute Gasteiger partial charge is 0.478 e. The number of H-pyrrole nitrogens is 2. The zero-order valence-corrected chi connectivity index (χ0v) is 25.7. The molecule has 1 heterocycles. The molecule has 42 heavy (non-hydrogen) atoms. The number of benzene rings is 3. The van der Waals surface area contributed by atoms with Crippen molar-refractivity contribution in [3.8, 4) is 0 Å². The Morgan fingerprint density at radius 2 is 1.57 bits per heavy atom. The third-order valence-electron chi connectivity index (χ3n) is 7.45. The summed E-state index contributed by atoms with van der Waals surface area (Å²) >= 11 is 17.3. The summed E-state index contributed by atoms with van der Waals surface area (Å²) < 4.78 is 5.41. The van der Waals surface area contributed by atoms with Crippen molar-refractivity contribution in [1.82, 2.24) is 9.97 Å². The van der Waals surface area contributed by atoms with Crippen molar-refractivity contribution in [3.63, 3.8) is 0 Å². The second-order valence-corrected chi connectivity index (χ2v) is 11.4. The lowest BCUT2D eigenvalue weighted by atomic mass is 10.0. The molecule has 6 nitrogen and oxygen atoms in total. The molecule has 218 valence electrons. The SMILES string of the molecule is COC(=O)C1Cc2cccc(Cl)c2C1.Cc1ccccc1/C=C/C(=O)O.S=c1[nH]cc(C2Cc3cccc(Cl)c3C2)[nH]1. The molecular weight excluding hydrogens is 591 g/mol. The number of aliphatic carboxylic acids is 1. The van der Waals surface area contributed by atoms with Gasteiger partial charge in [0.15, 0.2) is 4.77 Å². The molecule has 0 spiro atoms. The predicted octanol–water partition coefficient (Wildman–Crippen LogP) is 7.93. The van der Waals surface area contributed by atoms with Crippen LogP contribution in [0.4, 0.5) is 0 Å². The molecule has 0 saturated carbocycles. The van der Waals surface area contributed by atoms with E-state index in [-0.39, 0.29) is 11.9 Å². The third-order valence-corrected chi connectivity index (χ3v) is 8.38. The van der Waals surface area contributed by atoms with Crippen molar-refractivity contribution in [3.05, 3.63) is 127 Å². The zero-order chi connectivity index (χ0) is 30.2.